The fourth-order valence-electron chi connectivity index (χ4n) is 3.73. The van der Waals surface area contributed by atoms with Gasteiger partial charge in [0.05, 0.1) is 19.6 Å². The van der Waals surface area contributed by atoms with E-state index in [0.717, 1.165) is 18.9 Å². The number of quaternary nitrogens is 1. The summed E-state index contributed by atoms with van der Waals surface area (Å²) >= 11 is 0. The minimum Gasteiger partial charge on any atom is -0.487 e. The Hall–Kier alpha value is -1.54. The zero-order chi connectivity index (χ0) is 15.3. The summed E-state index contributed by atoms with van der Waals surface area (Å²) in [6.07, 6.45) is 5.41. The van der Waals surface area contributed by atoms with Crippen LogP contribution in [-0.2, 0) is 0 Å². The fourth-order valence-corrected chi connectivity index (χ4v) is 3.73. The van der Waals surface area contributed by atoms with Gasteiger partial charge in [0.2, 0.25) is 0 Å². The maximum atomic E-state index is 6.17. The molecule has 1 aliphatic rings. The first-order chi connectivity index (χ1) is 10.8. The van der Waals surface area contributed by atoms with Crippen molar-refractivity contribution in [2.45, 2.75) is 32.6 Å². The highest BCUT2D eigenvalue weighted by molar-refractivity contribution is 5.88. The smallest absolute Gasteiger partial charge is 0.137 e. The van der Waals surface area contributed by atoms with Crippen molar-refractivity contribution in [1.82, 2.24) is 0 Å². The number of fused-ring (bicyclic) bond motifs is 1. The Morgan fingerprint density at radius 1 is 0.955 bits per heavy atom. The van der Waals surface area contributed by atoms with E-state index in [1.54, 1.807) is 0 Å². The first-order valence-corrected chi connectivity index (χ1v) is 8.79. The number of ether oxygens (including phenoxy) is 1. The Labute approximate surface area is 134 Å². The standard InChI is InChI=1S/C20H28NO/c1-2-3-13-21(14-6-7-15-21)16-17-22-20-12-8-10-18-9-4-5-11-19(18)20/h4-5,8-12H,2-3,6-7,13-17H2,1H3/q+1. The summed E-state index contributed by atoms with van der Waals surface area (Å²) in [4.78, 5) is 0. The van der Waals surface area contributed by atoms with Crippen LogP contribution in [0.5, 0.6) is 5.75 Å². The van der Waals surface area contributed by atoms with Crippen LogP contribution in [0.25, 0.3) is 10.8 Å². The molecule has 0 radical (unpaired) electrons. The van der Waals surface area contributed by atoms with Gasteiger partial charge in [0.1, 0.15) is 18.9 Å². The molecule has 2 heteroatoms. The van der Waals surface area contributed by atoms with Crippen LogP contribution < -0.4 is 4.74 Å². The maximum Gasteiger partial charge on any atom is 0.137 e. The Kier molecular flexibility index (Phi) is 4.99. The molecule has 1 saturated heterocycles. The summed E-state index contributed by atoms with van der Waals surface area (Å²) in [6.45, 7) is 8.30. The highest BCUT2D eigenvalue weighted by Gasteiger charge is 2.30. The van der Waals surface area contributed by atoms with Crippen LogP contribution in [0.3, 0.4) is 0 Å². The third kappa shape index (κ3) is 3.44. The van der Waals surface area contributed by atoms with Crippen molar-refractivity contribution in [3.8, 4) is 5.75 Å². The highest BCUT2D eigenvalue weighted by atomic mass is 16.5. The molecule has 1 heterocycles. The van der Waals surface area contributed by atoms with Crippen LogP contribution in [0.2, 0.25) is 0 Å². The lowest BCUT2D eigenvalue weighted by Crippen LogP contribution is -2.48. The van der Waals surface area contributed by atoms with E-state index in [1.807, 2.05) is 0 Å². The van der Waals surface area contributed by atoms with Gasteiger partial charge in [-0.1, -0.05) is 49.7 Å². The second kappa shape index (κ2) is 7.15. The zero-order valence-electron chi connectivity index (χ0n) is 13.8. The van der Waals surface area contributed by atoms with Crippen LogP contribution in [0.15, 0.2) is 42.5 Å². The summed E-state index contributed by atoms with van der Waals surface area (Å²) in [7, 11) is 0. The van der Waals surface area contributed by atoms with Crippen molar-refractivity contribution in [2.75, 3.05) is 32.8 Å². The lowest BCUT2D eigenvalue weighted by Gasteiger charge is -2.34. The van der Waals surface area contributed by atoms with E-state index >= 15 is 0 Å². The molecule has 22 heavy (non-hydrogen) atoms. The average molecular weight is 298 g/mol. The molecule has 1 aliphatic heterocycles. The summed E-state index contributed by atoms with van der Waals surface area (Å²) in [6, 6.07) is 14.8. The van der Waals surface area contributed by atoms with Crippen molar-refractivity contribution in [3.63, 3.8) is 0 Å². The molecule has 2 nitrogen and oxygen atoms in total. The molecule has 0 atom stereocenters. The minimum atomic E-state index is 0.831. The van der Waals surface area contributed by atoms with Gasteiger partial charge in [-0.15, -0.1) is 0 Å². The third-order valence-corrected chi connectivity index (χ3v) is 5.07. The molecule has 0 unspecified atom stereocenters. The quantitative estimate of drug-likeness (QED) is 0.677. The zero-order valence-corrected chi connectivity index (χ0v) is 13.8. The second-order valence-electron chi connectivity index (χ2n) is 6.62. The second-order valence-corrected chi connectivity index (χ2v) is 6.62. The summed E-state index contributed by atoms with van der Waals surface area (Å²) in [5, 5.41) is 2.49. The molecule has 118 valence electrons. The number of hydrogen-bond donors (Lipinski definition) is 0. The first kappa shape index (κ1) is 15.4. The predicted molar refractivity (Wildman–Crippen MR) is 93.3 cm³/mol. The van der Waals surface area contributed by atoms with E-state index in [0.29, 0.717) is 0 Å². The topological polar surface area (TPSA) is 9.23 Å². The molecule has 1 fully saturated rings. The number of nitrogens with zero attached hydrogens (tertiary/aromatic N) is 1. The van der Waals surface area contributed by atoms with E-state index in [4.69, 9.17) is 4.74 Å². The molecule has 0 aliphatic carbocycles. The van der Waals surface area contributed by atoms with E-state index in [2.05, 4.69) is 49.4 Å². The van der Waals surface area contributed by atoms with Gasteiger partial charge < -0.3 is 9.22 Å². The normalized spacial score (nSPS) is 17.0. The molecule has 2 aromatic rings. The number of unbranched alkanes of at least 4 members (excludes halogenated alkanes) is 1. The lowest BCUT2D eigenvalue weighted by molar-refractivity contribution is -0.917. The summed E-state index contributed by atoms with van der Waals surface area (Å²) in [5.41, 5.74) is 0. The maximum absolute atomic E-state index is 6.17. The first-order valence-electron chi connectivity index (χ1n) is 8.79. The Balaban J connectivity index is 1.64. The molecular weight excluding hydrogens is 270 g/mol. The number of likely N-dealkylation sites (tertiary alicyclic amines) is 1. The van der Waals surface area contributed by atoms with Crippen molar-refractivity contribution in [3.05, 3.63) is 42.5 Å². The average Bonchev–Trinajstić information content (AvgIpc) is 3.02. The fraction of sp³-hybridized carbons (Fsp3) is 0.500. The number of rotatable bonds is 7. The number of benzene rings is 2. The van der Waals surface area contributed by atoms with Gasteiger partial charge in [0.25, 0.3) is 0 Å². The molecule has 0 amide bonds. The van der Waals surface area contributed by atoms with Crippen LogP contribution in [0, 0.1) is 0 Å². The molecule has 0 saturated carbocycles. The van der Waals surface area contributed by atoms with E-state index in [-0.39, 0.29) is 0 Å². The third-order valence-electron chi connectivity index (χ3n) is 5.07. The van der Waals surface area contributed by atoms with Gasteiger partial charge in [-0.2, -0.15) is 0 Å². The van der Waals surface area contributed by atoms with Gasteiger partial charge >= 0.3 is 0 Å². The molecule has 3 rings (SSSR count). The lowest BCUT2D eigenvalue weighted by atomic mass is 10.1. The van der Waals surface area contributed by atoms with Gasteiger partial charge in [-0.3, -0.25) is 0 Å². The van der Waals surface area contributed by atoms with Gasteiger partial charge in [-0.25, -0.2) is 0 Å². The van der Waals surface area contributed by atoms with Crippen LogP contribution in [0.4, 0.5) is 0 Å². The Bertz CT molecular complexity index is 596. The Morgan fingerprint density at radius 3 is 2.55 bits per heavy atom. The highest BCUT2D eigenvalue weighted by Crippen LogP contribution is 2.26. The molecular formula is C20H28NO+. The van der Waals surface area contributed by atoms with E-state index < -0.39 is 0 Å². The van der Waals surface area contributed by atoms with Crippen LogP contribution in [-0.4, -0.2) is 37.3 Å². The van der Waals surface area contributed by atoms with Crippen molar-refractivity contribution in [2.24, 2.45) is 0 Å². The summed E-state index contributed by atoms with van der Waals surface area (Å²) in [5.74, 6) is 1.03. The predicted octanol–water partition coefficient (Wildman–Crippen LogP) is 4.63. The monoisotopic (exact) mass is 298 g/mol. The van der Waals surface area contributed by atoms with Crippen LogP contribution >= 0.6 is 0 Å². The largest absolute Gasteiger partial charge is 0.487 e. The Morgan fingerprint density at radius 2 is 1.73 bits per heavy atom. The van der Waals surface area contributed by atoms with Gasteiger partial charge in [-0.05, 0) is 17.9 Å². The summed E-state index contributed by atoms with van der Waals surface area (Å²) < 4.78 is 7.45. The molecule has 0 N–H and O–H groups in total. The molecule has 0 bridgehead atoms. The van der Waals surface area contributed by atoms with Gasteiger partial charge in [0, 0.05) is 18.2 Å². The number of hydrogen-bond acceptors (Lipinski definition) is 1. The SMILES string of the molecule is CCCC[N+]1(CCOc2cccc3ccccc23)CCCC1. The minimum absolute atomic E-state index is 0.831. The van der Waals surface area contributed by atoms with Crippen molar-refractivity contribution >= 4 is 10.8 Å². The molecule has 2 aromatic carbocycles. The van der Waals surface area contributed by atoms with E-state index in [9.17, 15) is 0 Å². The molecule has 0 spiro atoms. The van der Waals surface area contributed by atoms with E-state index in [1.165, 1.54) is 60.6 Å². The van der Waals surface area contributed by atoms with Crippen molar-refractivity contribution < 1.29 is 9.22 Å². The van der Waals surface area contributed by atoms with Crippen LogP contribution in [0.1, 0.15) is 32.6 Å². The molecule has 0 aromatic heterocycles. The van der Waals surface area contributed by atoms with Crippen molar-refractivity contribution in [1.29, 1.82) is 0 Å². The van der Waals surface area contributed by atoms with Gasteiger partial charge in [0.15, 0.2) is 0 Å².